The summed E-state index contributed by atoms with van der Waals surface area (Å²) in [5.41, 5.74) is -0.0756. The van der Waals surface area contributed by atoms with Gasteiger partial charge in [-0.2, -0.15) is 4.31 Å². The van der Waals surface area contributed by atoms with E-state index in [-0.39, 0.29) is 29.7 Å². The van der Waals surface area contributed by atoms with Crippen LogP contribution in [0.1, 0.15) is 46.5 Å². The van der Waals surface area contributed by atoms with E-state index in [0.717, 1.165) is 19.3 Å². The fourth-order valence-corrected chi connectivity index (χ4v) is 4.33. The first-order valence-corrected chi connectivity index (χ1v) is 10.7. The molecule has 1 aliphatic heterocycles. The van der Waals surface area contributed by atoms with Gasteiger partial charge in [-0.25, -0.2) is 8.42 Å². The summed E-state index contributed by atoms with van der Waals surface area (Å²) in [6.45, 7) is 6.70. The second-order valence-electron chi connectivity index (χ2n) is 7.80. The Morgan fingerprint density at radius 3 is 2.41 bits per heavy atom. The molecule has 0 spiro atoms. The highest BCUT2D eigenvalue weighted by atomic mass is 32.2. The SMILES string of the molecule is CC(C)(C)C(=O)NCCC(=O)Nc1cccc(S(=O)(=O)N2CCCCC2)c1. The Balaban J connectivity index is 1.95. The summed E-state index contributed by atoms with van der Waals surface area (Å²) in [5.74, 6) is -0.401. The lowest BCUT2D eigenvalue weighted by Crippen LogP contribution is -2.36. The first-order chi connectivity index (χ1) is 12.6. The van der Waals surface area contributed by atoms with Gasteiger partial charge in [0.05, 0.1) is 4.90 Å². The largest absolute Gasteiger partial charge is 0.355 e. The van der Waals surface area contributed by atoms with Gasteiger partial charge in [0.15, 0.2) is 0 Å². The van der Waals surface area contributed by atoms with Crippen LogP contribution >= 0.6 is 0 Å². The van der Waals surface area contributed by atoms with Crippen molar-refractivity contribution in [2.24, 2.45) is 5.41 Å². The minimum absolute atomic E-state index is 0.116. The molecule has 1 saturated heterocycles. The average molecular weight is 396 g/mol. The Morgan fingerprint density at radius 1 is 1.11 bits per heavy atom. The molecule has 0 aromatic heterocycles. The van der Waals surface area contributed by atoms with Gasteiger partial charge in [0.25, 0.3) is 0 Å². The number of carbonyl (C=O) groups excluding carboxylic acids is 2. The van der Waals surface area contributed by atoms with E-state index in [2.05, 4.69) is 10.6 Å². The van der Waals surface area contributed by atoms with Gasteiger partial charge in [-0.05, 0) is 31.0 Å². The van der Waals surface area contributed by atoms with Crippen LogP contribution in [0.4, 0.5) is 5.69 Å². The van der Waals surface area contributed by atoms with Gasteiger partial charge < -0.3 is 10.6 Å². The highest BCUT2D eigenvalue weighted by Gasteiger charge is 2.26. The molecular weight excluding hydrogens is 366 g/mol. The molecule has 0 saturated carbocycles. The molecular formula is C19H29N3O4S. The van der Waals surface area contributed by atoms with Crippen LogP contribution in [0.2, 0.25) is 0 Å². The number of nitrogens with zero attached hydrogens (tertiary/aromatic N) is 1. The Kier molecular flexibility index (Phi) is 7.00. The minimum Gasteiger partial charge on any atom is -0.355 e. The number of hydrogen-bond acceptors (Lipinski definition) is 4. The quantitative estimate of drug-likeness (QED) is 0.773. The zero-order valence-corrected chi connectivity index (χ0v) is 17.1. The monoisotopic (exact) mass is 395 g/mol. The van der Waals surface area contributed by atoms with Crippen LogP contribution < -0.4 is 10.6 Å². The van der Waals surface area contributed by atoms with Crippen molar-refractivity contribution < 1.29 is 18.0 Å². The zero-order valence-electron chi connectivity index (χ0n) is 16.2. The van der Waals surface area contributed by atoms with E-state index in [1.807, 2.05) is 0 Å². The summed E-state index contributed by atoms with van der Waals surface area (Å²) in [6.07, 6.45) is 2.91. The molecule has 0 atom stereocenters. The summed E-state index contributed by atoms with van der Waals surface area (Å²) >= 11 is 0. The molecule has 2 N–H and O–H groups in total. The number of amides is 2. The van der Waals surface area contributed by atoms with Crippen LogP contribution in [0.3, 0.4) is 0 Å². The number of hydrogen-bond donors (Lipinski definition) is 2. The number of piperidine rings is 1. The van der Waals surface area contributed by atoms with Gasteiger partial charge in [0.1, 0.15) is 0 Å². The van der Waals surface area contributed by atoms with Gasteiger partial charge in [-0.3, -0.25) is 9.59 Å². The fourth-order valence-electron chi connectivity index (χ4n) is 2.77. The second-order valence-corrected chi connectivity index (χ2v) is 9.73. The van der Waals surface area contributed by atoms with E-state index in [9.17, 15) is 18.0 Å². The van der Waals surface area contributed by atoms with Gasteiger partial charge >= 0.3 is 0 Å². The predicted molar refractivity (Wildman–Crippen MR) is 105 cm³/mol. The normalized spacial score (nSPS) is 16.0. The summed E-state index contributed by atoms with van der Waals surface area (Å²) in [7, 11) is -3.54. The third kappa shape index (κ3) is 6.04. The summed E-state index contributed by atoms with van der Waals surface area (Å²) in [4.78, 5) is 24.1. The molecule has 1 heterocycles. The van der Waals surface area contributed by atoms with Crippen molar-refractivity contribution >= 4 is 27.5 Å². The number of nitrogens with one attached hydrogen (secondary N) is 2. The predicted octanol–water partition coefficient (Wildman–Crippen LogP) is 2.35. The zero-order chi connectivity index (χ0) is 20.1. The summed E-state index contributed by atoms with van der Waals surface area (Å²) in [6, 6.07) is 6.30. The number of sulfonamides is 1. The van der Waals surface area contributed by atoms with Crippen molar-refractivity contribution in [2.45, 2.75) is 51.3 Å². The first kappa shape index (κ1) is 21.4. The fraction of sp³-hybridized carbons (Fsp3) is 0.579. The van der Waals surface area contributed by atoms with E-state index < -0.39 is 15.4 Å². The Morgan fingerprint density at radius 2 is 1.78 bits per heavy atom. The van der Waals surface area contributed by atoms with E-state index in [1.165, 1.54) is 10.4 Å². The number of anilines is 1. The standard InChI is InChI=1S/C19H29N3O4S/c1-19(2,3)18(24)20-11-10-17(23)21-15-8-7-9-16(14-15)27(25,26)22-12-5-4-6-13-22/h7-9,14H,4-6,10-13H2,1-3H3,(H,20,24)(H,21,23). The van der Waals surface area contributed by atoms with E-state index in [1.54, 1.807) is 39.0 Å². The number of carbonyl (C=O) groups is 2. The van der Waals surface area contributed by atoms with Gasteiger partial charge in [0.2, 0.25) is 21.8 Å². The van der Waals surface area contributed by atoms with Crippen LogP contribution in [0.5, 0.6) is 0 Å². The van der Waals surface area contributed by atoms with Crippen molar-refractivity contribution in [1.82, 2.24) is 9.62 Å². The molecule has 1 aromatic rings. The second kappa shape index (κ2) is 8.84. The first-order valence-electron chi connectivity index (χ1n) is 9.29. The Bertz CT molecular complexity index is 778. The van der Waals surface area contributed by atoms with Gasteiger partial charge in [-0.15, -0.1) is 0 Å². The van der Waals surface area contributed by atoms with E-state index in [4.69, 9.17) is 0 Å². The van der Waals surface area contributed by atoms with Crippen molar-refractivity contribution in [3.63, 3.8) is 0 Å². The Labute approximate surface area is 161 Å². The molecule has 27 heavy (non-hydrogen) atoms. The van der Waals surface area contributed by atoms with Crippen LogP contribution in [-0.4, -0.2) is 44.2 Å². The number of benzene rings is 1. The van der Waals surface area contributed by atoms with Crippen molar-refractivity contribution in [3.05, 3.63) is 24.3 Å². The minimum atomic E-state index is -3.54. The van der Waals surface area contributed by atoms with Crippen molar-refractivity contribution in [1.29, 1.82) is 0 Å². The maximum atomic E-state index is 12.7. The molecule has 2 rings (SSSR count). The molecule has 2 amide bonds. The number of rotatable bonds is 6. The van der Waals surface area contributed by atoms with Gasteiger partial charge in [-0.1, -0.05) is 33.3 Å². The smallest absolute Gasteiger partial charge is 0.243 e. The molecule has 1 aromatic carbocycles. The molecule has 0 aliphatic carbocycles. The molecule has 1 aliphatic rings. The maximum absolute atomic E-state index is 12.7. The molecule has 8 heteroatoms. The van der Waals surface area contributed by atoms with Crippen LogP contribution in [0, 0.1) is 5.41 Å². The van der Waals surface area contributed by atoms with Crippen LogP contribution in [-0.2, 0) is 19.6 Å². The lowest BCUT2D eigenvalue weighted by Gasteiger charge is -2.26. The highest BCUT2D eigenvalue weighted by Crippen LogP contribution is 2.23. The molecule has 7 nitrogen and oxygen atoms in total. The molecule has 1 fully saturated rings. The summed E-state index contributed by atoms with van der Waals surface area (Å²) < 4.78 is 27.0. The third-order valence-electron chi connectivity index (χ3n) is 4.39. The highest BCUT2D eigenvalue weighted by molar-refractivity contribution is 7.89. The topological polar surface area (TPSA) is 95.6 Å². The lowest BCUT2D eigenvalue weighted by atomic mass is 9.96. The van der Waals surface area contributed by atoms with Crippen molar-refractivity contribution in [3.8, 4) is 0 Å². The Hall–Kier alpha value is -1.93. The average Bonchev–Trinajstić information content (AvgIpc) is 2.61. The van der Waals surface area contributed by atoms with Crippen LogP contribution in [0.25, 0.3) is 0 Å². The van der Waals surface area contributed by atoms with Crippen LogP contribution in [0.15, 0.2) is 29.2 Å². The van der Waals surface area contributed by atoms with Crippen molar-refractivity contribution in [2.75, 3.05) is 25.0 Å². The third-order valence-corrected chi connectivity index (χ3v) is 6.28. The maximum Gasteiger partial charge on any atom is 0.243 e. The molecule has 0 radical (unpaired) electrons. The van der Waals surface area contributed by atoms with E-state index in [0.29, 0.717) is 18.8 Å². The molecule has 0 unspecified atom stereocenters. The molecule has 150 valence electrons. The molecule has 0 bridgehead atoms. The van der Waals surface area contributed by atoms with Gasteiger partial charge in [0, 0.05) is 37.2 Å². The summed E-state index contributed by atoms with van der Waals surface area (Å²) in [5, 5.41) is 5.41. The lowest BCUT2D eigenvalue weighted by molar-refractivity contribution is -0.128. The van der Waals surface area contributed by atoms with E-state index >= 15 is 0 Å².